The van der Waals surface area contributed by atoms with Crippen LogP contribution in [-0.4, -0.2) is 35.9 Å². The molecule has 6 heteroatoms. The summed E-state index contributed by atoms with van der Waals surface area (Å²) in [4.78, 5) is 22.7. The molecule has 0 fully saturated rings. The molecule has 0 amide bonds. The third-order valence-corrected chi connectivity index (χ3v) is 9.33. The van der Waals surface area contributed by atoms with Crippen LogP contribution in [0.2, 0.25) is 0 Å². The van der Waals surface area contributed by atoms with Crippen molar-refractivity contribution < 1.29 is 9.79 Å². The first-order chi connectivity index (χ1) is 7.02. The Morgan fingerprint density at radius 1 is 0.938 bits per heavy atom. The summed E-state index contributed by atoms with van der Waals surface area (Å²) in [6, 6.07) is 0. The molecule has 0 rings (SSSR count). The molecule has 16 heavy (non-hydrogen) atoms. The standard InChI is InChI=1S/C10H22O2PS2.Sb/c1-3-5-7-9-15(13(11,12)14)10-8-6-4-2;/h3-10H2,1-2H3;/q-3;+3. The Bertz CT molecular complexity index is 199. The molecular formula is C10H22O2PS2Sb. The van der Waals surface area contributed by atoms with Crippen LogP contribution in [0.15, 0.2) is 0 Å². The number of hydrogen-bond donors (Lipinski definition) is 0. The largest absolute Gasteiger partial charge is 3.00 e. The van der Waals surface area contributed by atoms with E-state index in [-0.39, 0.29) is 24.4 Å². The molecule has 0 aromatic carbocycles. The summed E-state index contributed by atoms with van der Waals surface area (Å²) in [6.07, 6.45) is 6.52. The molecule has 0 saturated heterocycles. The molecule has 0 unspecified atom stereocenters. The van der Waals surface area contributed by atoms with Gasteiger partial charge in [0.15, 0.2) is 0 Å². The molecule has 0 aliphatic rings. The molecule has 0 N–H and O–H groups in total. The van der Waals surface area contributed by atoms with Gasteiger partial charge < -0.3 is 27.7 Å². The Morgan fingerprint density at radius 3 is 1.56 bits per heavy atom. The van der Waals surface area contributed by atoms with Crippen molar-refractivity contribution in [3.05, 3.63) is 0 Å². The molecule has 0 spiro atoms. The van der Waals surface area contributed by atoms with Crippen LogP contribution in [0.1, 0.15) is 52.4 Å². The second-order valence-corrected chi connectivity index (χ2v) is 11.5. The van der Waals surface area contributed by atoms with Gasteiger partial charge in [0.05, 0.1) is 0 Å². The minimum atomic E-state index is -3.50. The van der Waals surface area contributed by atoms with Crippen molar-refractivity contribution in [2.75, 3.05) is 11.5 Å². The smallest absolute Gasteiger partial charge is 0.854 e. The minimum absolute atomic E-state index is 0. The van der Waals surface area contributed by atoms with Crippen molar-refractivity contribution in [3.8, 4) is 0 Å². The van der Waals surface area contributed by atoms with Gasteiger partial charge in [-0.3, -0.25) is 0 Å². The van der Waals surface area contributed by atoms with E-state index >= 15 is 0 Å². The van der Waals surface area contributed by atoms with E-state index < -0.39 is 15.8 Å². The van der Waals surface area contributed by atoms with Crippen molar-refractivity contribution in [3.63, 3.8) is 0 Å². The summed E-state index contributed by atoms with van der Waals surface area (Å²) in [5.74, 6) is 1.59. The van der Waals surface area contributed by atoms with E-state index in [0.29, 0.717) is 0 Å². The Balaban J connectivity index is 0. The van der Waals surface area contributed by atoms with E-state index in [1.54, 1.807) is 0 Å². The zero-order chi connectivity index (χ0) is 11.7. The zero-order valence-electron chi connectivity index (χ0n) is 10.2. The van der Waals surface area contributed by atoms with Crippen LogP contribution in [0.4, 0.5) is 0 Å². The number of hydrogen-bond acceptors (Lipinski definition) is 3. The minimum Gasteiger partial charge on any atom is -0.854 e. The maximum Gasteiger partial charge on any atom is 3.00 e. The summed E-state index contributed by atoms with van der Waals surface area (Å²) in [5, 5.41) is 0. The van der Waals surface area contributed by atoms with Gasteiger partial charge in [-0.1, -0.05) is 39.5 Å². The van der Waals surface area contributed by atoms with Gasteiger partial charge >= 0.3 is 24.4 Å². The Morgan fingerprint density at radius 2 is 1.31 bits per heavy atom. The van der Waals surface area contributed by atoms with Crippen LogP contribution in [-0.2, 0) is 22.3 Å². The van der Waals surface area contributed by atoms with E-state index in [9.17, 15) is 9.79 Å². The number of unbranched alkanes of at least 4 members (excludes halogenated alkanes) is 4. The van der Waals surface area contributed by atoms with Crippen LogP contribution in [0, 0.1) is 0 Å². The fourth-order valence-electron chi connectivity index (χ4n) is 1.36. The first-order valence-electron chi connectivity index (χ1n) is 5.72. The Hall–Kier alpha value is 1.87. The van der Waals surface area contributed by atoms with Crippen molar-refractivity contribution >= 4 is 52.4 Å². The van der Waals surface area contributed by atoms with Gasteiger partial charge in [-0.25, -0.2) is 10.1 Å². The monoisotopic (exact) mass is 390 g/mol. The summed E-state index contributed by atoms with van der Waals surface area (Å²) >= 11 is 4.62. The second kappa shape index (κ2) is 11.9. The molecule has 0 aromatic heterocycles. The van der Waals surface area contributed by atoms with Crippen LogP contribution in [0.3, 0.4) is 0 Å². The maximum atomic E-state index is 11.4. The molecule has 96 valence electrons. The fourth-order valence-corrected chi connectivity index (χ4v) is 6.55. The zero-order valence-corrected chi connectivity index (χ0v) is 15.3. The average Bonchev–Trinajstić information content (AvgIpc) is 2.14. The summed E-state index contributed by atoms with van der Waals surface area (Å²) < 4.78 is 0. The van der Waals surface area contributed by atoms with Gasteiger partial charge in [0.2, 0.25) is 0 Å². The topological polar surface area (TPSA) is 46.1 Å². The molecule has 0 atom stereocenters. The van der Waals surface area contributed by atoms with Crippen LogP contribution < -0.4 is 9.79 Å². The second-order valence-electron chi connectivity index (χ2n) is 3.73. The molecule has 0 saturated carbocycles. The third kappa shape index (κ3) is 11.0. The average molecular weight is 391 g/mol. The van der Waals surface area contributed by atoms with E-state index in [1.165, 1.54) is 0 Å². The maximum absolute atomic E-state index is 11.4. The number of rotatable bonds is 8. The van der Waals surface area contributed by atoms with Crippen molar-refractivity contribution in [1.82, 2.24) is 0 Å². The van der Waals surface area contributed by atoms with E-state index in [1.807, 2.05) is 0 Å². The molecule has 0 heterocycles. The van der Waals surface area contributed by atoms with Gasteiger partial charge in [-0.15, -0.1) is 0 Å². The molecule has 0 aromatic rings. The Kier molecular flexibility index (Phi) is 15.1. The van der Waals surface area contributed by atoms with Gasteiger partial charge in [-0.05, 0) is 24.3 Å². The summed E-state index contributed by atoms with van der Waals surface area (Å²) in [6.45, 7) is 4.25. The van der Waals surface area contributed by atoms with Gasteiger partial charge in [-0.2, -0.15) is 0 Å². The molecule has 0 bridgehead atoms. The normalized spacial score (nSPS) is 11.6. The van der Waals surface area contributed by atoms with Gasteiger partial charge in [0, 0.05) is 0 Å². The van der Waals surface area contributed by atoms with Gasteiger partial charge in [0.1, 0.15) is 0 Å². The first-order valence-corrected chi connectivity index (χ1v) is 10.5. The first kappa shape index (κ1) is 20.2. The van der Waals surface area contributed by atoms with E-state index in [0.717, 1.165) is 50.0 Å². The summed E-state index contributed by atoms with van der Waals surface area (Å²) in [5.41, 5.74) is -3.50. The predicted octanol–water partition coefficient (Wildman–Crippen LogP) is 1.55. The third-order valence-electron chi connectivity index (χ3n) is 2.28. The van der Waals surface area contributed by atoms with E-state index in [2.05, 4.69) is 26.1 Å². The predicted molar refractivity (Wildman–Crippen MR) is 76.2 cm³/mol. The van der Waals surface area contributed by atoms with Crippen molar-refractivity contribution in [2.24, 2.45) is 0 Å². The molecule has 2 radical (unpaired) electrons. The van der Waals surface area contributed by atoms with Gasteiger partial charge in [0.25, 0.3) is 0 Å². The van der Waals surface area contributed by atoms with Crippen LogP contribution in [0.5, 0.6) is 0 Å². The van der Waals surface area contributed by atoms with E-state index in [4.69, 9.17) is 0 Å². The molecule has 2 nitrogen and oxygen atoms in total. The molecule has 0 aliphatic heterocycles. The van der Waals surface area contributed by atoms with Crippen molar-refractivity contribution in [2.45, 2.75) is 52.4 Å². The Labute approximate surface area is 125 Å². The summed E-state index contributed by atoms with van der Waals surface area (Å²) in [7, 11) is -0.530. The van der Waals surface area contributed by atoms with Crippen LogP contribution in [0.25, 0.3) is 0 Å². The SMILES string of the molecule is CCCCCS(CCCCC)=P([O-])([O-])[S-].[Sb+3]. The quantitative estimate of drug-likeness (QED) is 0.273. The fraction of sp³-hybridized carbons (Fsp3) is 1.00. The molecular weight excluding hydrogens is 369 g/mol. The van der Waals surface area contributed by atoms with Crippen molar-refractivity contribution in [1.29, 1.82) is 0 Å². The molecule has 0 aliphatic carbocycles. The van der Waals surface area contributed by atoms with Crippen LogP contribution >= 0.6 is 5.69 Å².